The van der Waals surface area contributed by atoms with Crippen LogP contribution in [0.3, 0.4) is 0 Å². The number of carbonyl (C=O) groups is 1. The van der Waals surface area contributed by atoms with Gasteiger partial charge in [0.1, 0.15) is 0 Å². The predicted octanol–water partition coefficient (Wildman–Crippen LogP) is 1.68. The molecule has 0 bridgehead atoms. The second kappa shape index (κ2) is 6.26. The van der Waals surface area contributed by atoms with Gasteiger partial charge in [-0.25, -0.2) is 0 Å². The molecule has 1 aliphatic heterocycles. The zero-order valence-electron chi connectivity index (χ0n) is 9.73. The fourth-order valence-electron chi connectivity index (χ4n) is 1.46. The zero-order chi connectivity index (χ0) is 12.4. The first kappa shape index (κ1) is 15.1. The van der Waals surface area contributed by atoms with E-state index in [-0.39, 0.29) is 31.1 Å². The topological polar surface area (TPSA) is 73.6 Å². The molecule has 1 aliphatic rings. The highest BCUT2D eigenvalue weighted by atomic mass is 79.9. The summed E-state index contributed by atoms with van der Waals surface area (Å²) < 4.78 is 11.2. The van der Waals surface area contributed by atoms with Crippen LogP contribution in [-0.4, -0.2) is 25.3 Å². The molecule has 0 radical (unpaired) electrons. The minimum absolute atomic E-state index is 0. The van der Waals surface area contributed by atoms with Crippen LogP contribution in [0.2, 0.25) is 0 Å². The van der Waals surface area contributed by atoms with Crippen molar-refractivity contribution in [1.82, 2.24) is 5.32 Å². The first-order valence-corrected chi connectivity index (χ1v) is 6.01. The predicted molar refractivity (Wildman–Crippen MR) is 73.5 cm³/mol. The van der Waals surface area contributed by atoms with Crippen LogP contribution in [0.15, 0.2) is 16.6 Å². The van der Waals surface area contributed by atoms with E-state index in [0.29, 0.717) is 28.1 Å². The largest absolute Gasteiger partial charge is 0.454 e. The molecule has 0 spiro atoms. The van der Waals surface area contributed by atoms with Crippen LogP contribution in [-0.2, 0) is 0 Å². The van der Waals surface area contributed by atoms with Crippen molar-refractivity contribution in [3.63, 3.8) is 0 Å². The van der Waals surface area contributed by atoms with Crippen molar-refractivity contribution >= 4 is 34.2 Å². The van der Waals surface area contributed by atoms with E-state index in [4.69, 9.17) is 15.2 Å². The molecule has 0 unspecified atom stereocenters. The van der Waals surface area contributed by atoms with Crippen LogP contribution in [0.5, 0.6) is 11.5 Å². The highest BCUT2D eigenvalue weighted by molar-refractivity contribution is 9.10. The van der Waals surface area contributed by atoms with E-state index in [1.807, 2.05) is 6.92 Å². The summed E-state index contributed by atoms with van der Waals surface area (Å²) >= 11 is 3.34. The average Bonchev–Trinajstić information content (AvgIpc) is 2.77. The maximum atomic E-state index is 11.9. The average molecular weight is 338 g/mol. The molecule has 0 aromatic heterocycles. The second-order valence-corrected chi connectivity index (χ2v) is 4.66. The number of halogens is 2. The first-order chi connectivity index (χ1) is 8.11. The fourth-order valence-corrected chi connectivity index (χ4v) is 2.02. The first-order valence-electron chi connectivity index (χ1n) is 5.22. The maximum Gasteiger partial charge on any atom is 0.251 e. The molecule has 0 saturated carbocycles. The minimum atomic E-state index is -0.179. The van der Waals surface area contributed by atoms with Crippen molar-refractivity contribution in [2.45, 2.75) is 13.0 Å². The molecule has 1 aromatic carbocycles. The number of nitrogens with two attached hydrogens (primary N) is 1. The van der Waals surface area contributed by atoms with Crippen molar-refractivity contribution in [2.75, 3.05) is 13.3 Å². The maximum absolute atomic E-state index is 11.9. The summed E-state index contributed by atoms with van der Waals surface area (Å²) in [7, 11) is 0. The number of hydrogen-bond donors (Lipinski definition) is 2. The Balaban J connectivity index is 0.00000162. The van der Waals surface area contributed by atoms with E-state index in [1.165, 1.54) is 0 Å². The molecule has 1 amide bonds. The van der Waals surface area contributed by atoms with E-state index in [9.17, 15) is 4.79 Å². The number of hydrogen-bond acceptors (Lipinski definition) is 4. The molecular weight excluding hydrogens is 323 g/mol. The van der Waals surface area contributed by atoms with Gasteiger partial charge >= 0.3 is 0 Å². The molecule has 0 saturated heterocycles. The van der Waals surface area contributed by atoms with Crippen LogP contribution in [0.1, 0.15) is 17.3 Å². The van der Waals surface area contributed by atoms with Crippen molar-refractivity contribution in [2.24, 2.45) is 5.73 Å². The molecule has 0 fully saturated rings. The lowest BCUT2D eigenvalue weighted by Gasteiger charge is -2.11. The Labute approximate surface area is 120 Å². The normalized spacial score (nSPS) is 13.7. The fraction of sp³-hybridized carbons (Fsp3) is 0.364. The third-order valence-corrected chi connectivity index (χ3v) is 3.01. The van der Waals surface area contributed by atoms with Crippen molar-refractivity contribution in [3.05, 3.63) is 22.2 Å². The van der Waals surface area contributed by atoms with Crippen molar-refractivity contribution < 1.29 is 14.3 Å². The molecule has 5 nitrogen and oxygen atoms in total. The van der Waals surface area contributed by atoms with Gasteiger partial charge in [0.2, 0.25) is 6.79 Å². The molecule has 1 aromatic rings. The summed E-state index contributed by atoms with van der Waals surface area (Å²) in [5.74, 6) is 1.03. The van der Waals surface area contributed by atoms with Gasteiger partial charge in [-0.3, -0.25) is 4.79 Å². The standard InChI is InChI=1S/C11H13BrN2O3.ClH/c1-6(4-13)14-11(15)7-2-8(12)10-9(3-7)16-5-17-10;/h2-3,6H,4-5,13H2,1H3,(H,14,15);1H/t6-;/m0./s1. The SMILES string of the molecule is C[C@@H](CN)NC(=O)c1cc(Br)c2c(c1)OCO2.Cl. The van der Waals surface area contributed by atoms with Gasteiger partial charge in [-0.05, 0) is 35.0 Å². The third-order valence-electron chi connectivity index (χ3n) is 2.42. The number of carbonyl (C=O) groups excluding carboxylic acids is 1. The van der Waals surface area contributed by atoms with E-state index < -0.39 is 0 Å². The van der Waals surface area contributed by atoms with E-state index >= 15 is 0 Å². The van der Waals surface area contributed by atoms with Crippen LogP contribution in [0.25, 0.3) is 0 Å². The molecule has 7 heteroatoms. The highest BCUT2D eigenvalue weighted by Gasteiger charge is 2.20. The molecule has 1 heterocycles. The van der Waals surface area contributed by atoms with Gasteiger partial charge < -0.3 is 20.5 Å². The Morgan fingerprint density at radius 1 is 1.56 bits per heavy atom. The number of nitrogens with one attached hydrogen (secondary N) is 1. The zero-order valence-corrected chi connectivity index (χ0v) is 12.1. The van der Waals surface area contributed by atoms with Gasteiger partial charge in [0, 0.05) is 18.2 Å². The monoisotopic (exact) mass is 336 g/mol. The van der Waals surface area contributed by atoms with E-state index in [0.717, 1.165) is 0 Å². The van der Waals surface area contributed by atoms with Crippen molar-refractivity contribution in [1.29, 1.82) is 0 Å². The smallest absolute Gasteiger partial charge is 0.251 e. The third kappa shape index (κ3) is 3.07. The number of amides is 1. The summed E-state index contributed by atoms with van der Waals surface area (Å²) in [6.07, 6.45) is 0. The minimum Gasteiger partial charge on any atom is -0.454 e. The van der Waals surface area contributed by atoms with Gasteiger partial charge in [0.05, 0.1) is 4.47 Å². The number of fused-ring (bicyclic) bond motifs is 1. The van der Waals surface area contributed by atoms with Crippen LogP contribution in [0, 0.1) is 0 Å². The summed E-state index contributed by atoms with van der Waals surface area (Å²) in [5, 5.41) is 2.78. The van der Waals surface area contributed by atoms with E-state index in [2.05, 4.69) is 21.2 Å². The highest BCUT2D eigenvalue weighted by Crippen LogP contribution is 2.39. The van der Waals surface area contributed by atoms with Gasteiger partial charge in [-0.2, -0.15) is 0 Å². The van der Waals surface area contributed by atoms with Crippen LogP contribution < -0.4 is 20.5 Å². The molecule has 3 N–H and O–H groups in total. The molecule has 100 valence electrons. The van der Waals surface area contributed by atoms with E-state index in [1.54, 1.807) is 12.1 Å². The van der Waals surface area contributed by atoms with Crippen LogP contribution >= 0.6 is 28.3 Å². The summed E-state index contributed by atoms with van der Waals surface area (Å²) in [6, 6.07) is 3.30. The molecule has 1 atom stereocenters. The van der Waals surface area contributed by atoms with Gasteiger partial charge in [0.15, 0.2) is 11.5 Å². The Bertz CT molecular complexity index is 456. The van der Waals surface area contributed by atoms with Gasteiger partial charge in [-0.1, -0.05) is 0 Å². The number of benzene rings is 1. The Kier molecular flexibility index (Phi) is 5.25. The van der Waals surface area contributed by atoms with Gasteiger partial charge in [0.25, 0.3) is 5.91 Å². The molecule has 18 heavy (non-hydrogen) atoms. The second-order valence-electron chi connectivity index (χ2n) is 3.80. The Morgan fingerprint density at radius 2 is 2.28 bits per heavy atom. The summed E-state index contributed by atoms with van der Waals surface area (Å²) in [5.41, 5.74) is 5.97. The van der Waals surface area contributed by atoms with Crippen LogP contribution in [0.4, 0.5) is 0 Å². The lowest BCUT2D eigenvalue weighted by Crippen LogP contribution is -2.37. The summed E-state index contributed by atoms with van der Waals surface area (Å²) in [4.78, 5) is 11.9. The van der Waals surface area contributed by atoms with Gasteiger partial charge in [-0.15, -0.1) is 12.4 Å². The molecule has 2 rings (SSSR count). The van der Waals surface area contributed by atoms with Crippen molar-refractivity contribution in [3.8, 4) is 11.5 Å². The number of ether oxygens (including phenoxy) is 2. The quantitative estimate of drug-likeness (QED) is 0.880. The Morgan fingerprint density at radius 3 is 2.94 bits per heavy atom. The lowest BCUT2D eigenvalue weighted by atomic mass is 10.1. The number of rotatable bonds is 3. The summed E-state index contributed by atoms with van der Waals surface area (Å²) in [6.45, 7) is 2.43. The Hall–Kier alpha value is -0.980. The lowest BCUT2D eigenvalue weighted by molar-refractivity contribution is 0.0941. The molecular formula is C11H14BrClN2O3. The molecule has 0 aliphatic carbocycles.